The molecular weight excluding hydrogens is 386 g/mol. The predicted molar refractivity (Wildman–Crippen MR) is 93.8 cm³/mol. The normalized spacial score (nSPS) is 10.3. The fourth-order valence-corrected chi connectivity index (χ4v) is 3.37. The van der Waals surface area contributed by atoms with Crippen LogP contribution in [-0.4, -0.2) is 24.2 Å². The van der Waals surface area contributed by atoms with Crippen LogP contribution in [0.3, 0.4) is 0 Å². The van der Waals surface area contributed by atoms with Crippen LogP contribution in [0.4, 0.5) is 5.00 Å². The summed E-state index contributed by atoms with van der Waals surface area (Å²) in [4.78, 5) is 24.7. The Morgan fingerprint density at radius 3 is 2.68 bits per heavy atom. The first-order valence-electron chi connectivity index (χ1n) is 6.53. The van der Waals surface area contributed by atoms with Gasteiger partial charge in [0.25, 0.3) is 0 Å². The van der Waals surface area contributed by atoms with Crippen LogP contribution in [0.25, 0.3) is 0 Å². The molecule has 0 fully saturated rings. The molecule has 2 aromatic rings. The smallest absolute Gasteiger partial charge is 0.341 e. The van der Waals surface area contributed by atoms with Gasteiger partial charge in [-0.05, 0) is 42.6 Å². The van der Waals surface area contributed by atoms with Crippen molar-refractivity contribution in [2.24, 2.45) is 0 Å². The molecule has 0 aliphatic carbocycles. The van der Waals surface area contributed by atoms with Gasteiger partial charge in [-0.3, -0.25) is 4.79 Å². The van der Waals surface area contributed by atoms with E-state index < -0.39 is 5.97 Å². The number of halogens is 1. The van der Waals surface area contributed by atoms with Crippen molar-refractivity contribution in [2.45, 2.75) is 11.8 Å². The molecule has 1 aromatic heterocycles. The third-order valence-electron chi connectivity index (χ3n) is 2.60. The summed E-state index contributed by atoms with van der Waals surface area (Å²) in [5, 5.41) is 5.04. The molecule has 0 unspecified atom stereocenters. The molecular formula is C15H14BrNO3S2. The molecule has 116 valence electrons. The van der Waals surface area contributed by atoms with Crippen LogP contribution >= 0.6 is 39.0 Å². The van der Waals surface area contributed by atoms with E-state index in [-0.39, 0.29) is 11.7 Å². The van der Waals surface area contributed by atoms with E-state index in [1.807, 2.05) is 24.3 Å². The zero-order valence-corrected chi connectivity index (χ0v) is 15.0. The monoisotopic (exact) mass is 399 g/mol. The van der Waals surface area contributed by atoms with Crippen LogP contribution in [0.1, 0.15) is 17.3 Å². The lowest BCUT2D eigenvalue weighted by Crippen LogP contribution is -2.15. The van der Waals surface area contributed by atoms with Crippen LogP contribution in [-0.2, 0) is 9.53 Å². The van der Waals surface area contributed by atoms with E-state index in [2.05, 4.69) is 21.2 Å². The van der Waals surface area contributed by atoms with Crippen molar-refractivity contribution in [3.63, 3.8) is 0 Å². The standard InChI is InChI=1S/C15H14BrNO3S2/c1-2-20-15(19)12-7-8-21-14(12)17-13(18)9-22-11-5-3-10(16)4-6-11/h3-8H,2,9H2,1H3,(H,17,18). The first kappa shape index (κ1) is 17.1. The van der Waals surface area contributed by atoms with E-state index in [0.717, 1.165) is 9.37 Å². The second-order valence-corrected chi connectivity index (χ2v) is 7.06. The number of rotatable bonds is 6. The van der Waals surface area contributed by atoms with Gasteiger partial charge >= 0.3 is 5.97 Å². The van der Waals surface area contributed by atoms with Crippen molar-refractivity contribution < 1.29 is 14.3 Å². The lowest BCUT2D eigenvalue weighted by atomic mass is 10.3. The minimum atomic E-state index is -0.417. The summed E-state index contributed by atoms with van der Waals surface area (Å²) in [5.41, 5.74) is 0.397. The first-order valence-corrected chi connectivity index (χ1v) is 9.18. The van der Waals surface area contributed by atoms with E-state index in [9.17, 15) is 9.59 Å². The zero-order valence-electron chi connectivity index (χ0n) is 11.8. The van der Waals surface area contributed by atoms with Crippen LogP contribution in [0, 0.1) is 0 Å². The van der Waals surface area contributed by atoms with Gasteiger partial charge < -0.3 is 10.1 Å². The number of carbonyl (C=O) groups is 2. The Morgan fingerprint density at radius 2 is 2.00 bits per heavy atom. The fraction of sp³-hybridized carbons (Fsp3) is 0.200. The maximum Gasteiger partial charge on any atom is 0.341 e. The molecule has 0 radical (unpaired) electrons. The third-order valence-corrected chi connectivity index (χ3v) is 4.97. The van der Waals surface area contributed by atoms with Crippen molar-refractivity contribution in [2.75, 3.05) is 17.7 Å². The number of thioether (sulfide) groups is 1. The maximum absolute atomic E-state index is 12.0. The summed E-state index contributed by atoms with van der Waals surface area (Å²) in [6.07, 6.45) is 0. The fourth-order valence-electron chi connectivity index (χ4n) is 1.62. The van der Waals surface area contributed by atoms with Gasteiger partial charge in [-0.1, -0.05) is 15.9 Å². The van der Waals surface area contributed by atoms with E-state index in [4.69, 9.17) is 4.74 Å². The molecule has 0 saturated carbocycles. The summed E-state index contributed by atoms with van der Waals surface area (Å²) < 4.78 is 5.95. The second kappa shape index (κ2) is 8.36. The summed E-state index contributed by atoms with van der Waals surface area (Å²) in [5.74, 6) is -0.289. The third kappa shape index (κ3) is 4.86. The van der Waals surface area contributed by atoms with Gasteiger partial charge in [-0.15, -0.1) is 23.1 Å². The summed E-state index contributed by atoms with van der Waals surface area (Å²) >= 11 is 6.12. The molecule has 22 heavy (non-hydrogen) atoms. The summed E-state index contributed by atoms with van der Waals surface area (Å²) in [6, 6.07) is 9.39. The Bertz CT molecular complexity index is 655. The Morgan fingerprint density at radius 1 is 1.27 bits per heavy atom. The number of ether oxygens (including phenoxy) is 1. The first-order chi connectivity index (χ1) is 10.6. The molecule has 0 saturated heterocycles. The average Bonchev–Trinajstić information content (AvgIpc) is 2.95. The SMILES string of the molecule is CCOC(=O)c1ccsc1NC(=O)CSc1ccc(Br)cc1. The molecule has 0 aliphatic rings. The molecule has 4 nitrogen and oxygen atoms in total. The highest BCUT2D eigenvalue weighted by atomic mass is 79.9. The highest BCUT2D eigenvalue weighted by Crippen LogP contribution is 2.25. The largest absolute Gasteiger partial charge is 0.462 e. The molecule has 1 amide bonds. The number of anilines is 1. The zero-order chi connectivity index (χ0) is 15.9. The lowest BCUT2D eigenvalue weighted by Gasteiger charge is -2.06. The molecule has 1 aromatic carbocycles. The second-order valence-electron chi connectivity index (χ2n) is 4.17. The maximum atomic E-state index is 12.0. The Balaban J connectivity index is 1.91. The van der Waals surface area contributed by atoms with Crippen molar-refractivity contribution in [1.29, 1.82) is 0 Å². The van der Waals surface area contributed by atoms with Crippen LogP contribution < -0.4 is 5.32 Å². The van der Waals surface area contributed by atoms with Gasteiger partial charge in [0, 0.05) is 9.37 Å². The van der Waals surface area contributed by atoms with Crippen LogP contribution in [0.2, 0.25) is 0 Å². The Kier molecular flexibility index (Phi) is 6.48. The lowest BCUT2D eigenvalue weighted by molar-refractivity contribution is -0.113. The molecule has 0 bridgehead atoms. The molecule has 1 heterocycles. The van der Waals surface area contributed by atoms with E-state index in [0.29, 0.717) is 17.2 Å². The molecule has 0 spiro atoms. The topological polar surface area (TPSA) is 55.4 Å². The minimum absolute atomic E-state index is 0.152. The van der Waals surface area contributed by atoms with Crippen molar-refractivity contribution >= 4 is 55.9 Å². The van der Waals surface area contributed by atoms with Crippen molar-refractivity contribution in [3.8, 4) is 0 Å². The highest BCUT2D eigenvalue weighted by molar-refractivity contribution is 9.10. The van der Waals surface area contributed by atoms with E-state index in [1.165, 1.54) is 23.1 Å². The van der Waals surface area contributed by atoms with E-state index >= 15 is 0 Å². The number of thiophene rings is 1. The van der Waals surface area contributed by atoms with Crippen molar-refractivity contribution in [3.05, 3.63) is 45.7 Å². The summed E-state index contributed by atoms with van der Waals surface area (Å²) in [6.45, 7) is 2.05. The predicted octanol–water partition coefficient (Wildman–Crippen LogP) is 4.42. The number of carbonyl (C=O) groups excluding carboxylic acids is 2. The van der Waals surface area contributed by atoms with Gasteiger partial charge in [-0.2, -0.15) is 0 Å². The van der Waals surface area contributed by atoms with E-state index in [1.54, 1.807) is 18.4 Å². The number of nitrogens with one attached hydrogen (secondary N) is 1. The van der Waals surface area contributed by atoms with Gasteiger partial charge in [0.15, 0.2) is 0 Å². The quantitative estimate of drug-likeness (QED) is 0.576. The van der Waals surface area contributed by atoms with Gasteiger partial charge in [0.2, 0.25) is 5.91 Å². The van der Waals surface area contributed by atoms with Gasteiger partial charge in [0.05, 0.1) is 17.9 Å². The molecule has 7 heteroatoms. The summed E-state index contributed by atoms with van der Waals surface area (Å²) in [7, 11) is 0. The molecule has 0 atom stereocenters. The van der Waals surface area contributed by atoms with Crippen molar-refractivity contribution in [1.82, 2.24) is 0 Å². The average molecular weight is 400 g/mol. The Hall–Kier alpha value is -1.31. The number of hydrogen-bond acceptors (Lipinski definition) is 5. The molecule has 1 N–H and O–H groups in total. The number of esters is 1. The molecule has 2 rings (SSSR count). The number of amides is 1. The highest BCUT2D eigenvalue weighted by Gasteiger charge is 2.15. The minimum Gasteiger partial charge on any atom is -0.462 e. The van der Waals surface area contributed by atoms with Crippen LogP contribution in [0.15, 0.2) is 45.1 Å². The van der Waals surface area contributed by atoms with Crippen LogP contribution in [0.5, 0.6) is 0 Å². The van der Waals surface area contributed by atoms with Gasteiger partial charge in [-0.25, -0.2) is 4.79 Å². The molecule has 0 aliphatic heterocycles. The van der Waals surface area contributed by atoms with Gasteiger partial charge in [0.1, 0.15) is 5.00 Å². The number of benzene rings is 1. The Labute approximate surface area is 145 Å². The number of hydrogen-bond donors (Lipinski definition) is 1.